The van der Waals surface area contributed by atoms with Crippen molar-refractivity contribution in [3.05, 3.63) is 0 Å². The molecule has 76 valence electrons. The normalized spacial score (nSPS) is 12.5. The van der Waals surface area contributed by atoms with Crippen molar-refractivity contribution in [3.63, 3.8) is 0 Å². The Bertz CT molecular complexity index is 137. The molecule has 0 aromatic carbocycles. The van der Waals surface area contributed by atoms with Gasteiger partial charge in [-0.2, -0.15) is 0 Å². The van der Waals surface area contributed by atoms with E-state index in [1.165, 1.54) is 25.7 Å². The molecule has 0 saturated carbocycles. The number of hydrogen-bond acceptors (Lipinski definition) is 2. The van der Waals surface area contributed by atoms with E-state index >= 15 is 0 Å². The molecule has 0 fully saturated rings. The van der Waals surface area contributed by atoms with Gasteiger partial charge in [0.25, 0.3) is 0 Å². The van der Waals surface area contributed by atoms with Crippen LogP contribution in [0.2, 0.25) is 0 Å². The average Bonchev–Trinajstić information content (AvgIpc) is 2.17. The molecular formula is C10H20O2Sn. The van der Waals surface area contributed by atoms with Crippen molar-refractivity contribution < 1.29 is 7.87 Å². The van der Waals surface area contributed by atoms with Gasteiger partial charge < -0.3 is 0 Å². The monoisotopic (exact) mass is 292 g/mol. The minimum atomic E-state index is 0.0152. The molecule has 0 aliphatic heterocycles. The Morgan fingerprint density at radius 2 is 2.00 bits per heavy atom. The molecule has 3 heteroatoms. The number of rotatable bonds is 7. The van der Waals surface area contributed by atoms with E-state index in [0.29, 0.717) is 22.9 Å². The zero-order valence-corrected chi connectivity index (χ0v) is 12.0. The van der Waals surface area contributed by atoms with Gasteiger partial charge in [-0.05, 0) is 0 Å². The van der Waals surface area contributed by atoms with Crippen LogP contribution in [0.3, 0.4) is 0 Å². The Labute approximate surface area is 95.1 Å². The Morgan fingerprint density at radius 3 is 2.46 bits per heavy atom. The quantitative estimate of drug-likeness (QED) is 0.531. The molecule has 0 N–H and O–H groups in total. The summed E-state index contributed by atoms with van der Waals surface area (Å²) in [6, 6.07) is 0. The third-order valence-electron chi connectivity index (χ3n) is 2.35. The average molecular weight is 291 g/mol. The van der Waals surface area contributed by atoms with E-state index in [4.69, 9.17) is 3.07 Å². The summed E-state index contributed by atoms with van der Waals surface area (Å²) in [7, 11) is 0. The van der Waals surface area contributed by atoms with E-state index in [0.717, 1.165) is 12.8 Å². The molecule has 1 atom stereocenters. The molecule has 0 amide bonds. The van der Waals surface area contributed by atoms with Crippen LogP contribution in [0.25, 0.3) is 0 Å². The fourth-order valence-electron chi connectivity index (χ4n) is 1.40. The molecule has 0 aromatic heterocycles. The van der Waals surface area contributed by atoms with Crippen LogP contribution in [0.15, 0.2) is 0 Å². The van der Waals surface area contributed by atoms with Gasteiger partial charge in [-0.1, -0.05) is 0 Å². The van der Waals surface area contributed by atoms with E-state index in [2.05, 4.69) is 13.8 Å². The van der Waals surface area contributed by atoms with Crippen LogP contribution in [-0.2, 0) is 7.87 Å². The summed E-state index contributed by atoms with van der Waals surface area (Å²) in [5, 5.41) is 0. The van der Waals surface area contributed by atoms with Gasteiger partial charge in [0.1, 0.15) is 0 Å². The van der Waals surface area contributed by atoms with Crippen LogP contribution < -0.4 is 0 Å². The van der Waals surface area contributed by atoms with Crippen LogP contribution in [-0.4, -0.2) is 28.9 Å². The predicted molar refractivity (Wildman–Crippen MR) is 55.8 cm³/mol. The fraction of sp³-hybridized carbons (Fsp3) is 0.900. The van der Waals surface area contributed by atoms with Gasteiger partial charge in [-0.25, -0.2) is 0 Å². The van der Waals surface area contributed by atoms with E-state index < -0.39 is 0 Å². The molecular weight excluding hydrogens is 271 g/mol. The zero-order chi connectivity index (χ0) is 10.1. The molecule has 0 spiro atoms. The van der Waals surface area contributed by atoms with Gasteiger partial charge in [0, 0.05) is 0 Å². The molecule has 0 bridgehead atoms. The molecule has 2 nitrogen and oxygen atoms in total. The van der Waals surface area contributed by atoms with Gasteiger partial charge in [0.05, 0.1) is 0 Å². The maximum absolute atomic E-state index is 11.2. The second-order valence-electron chi connectivity index (χ2n) is 3.39. The molecule has 0 aliphatic carbocycles. The Balaban J connectivity index is 3.53. The van der Waals surface area contributed by atoms with E-state index in [1.54, 1.807) is 0 Å². The van der Waals surface area contributed by atoms with Crippen molar-refractivity contribution in [2.45, 2.75) is 52.4 Å². The molecule has 0 heterocycles. The van der Waals surface area contributed by atoms with Crippen LogP contribution >= 0.6 is 0 Å². The SMILES string of the molecule is CCCCCCC(CC)C(=O)[O][SnH]. The summed E-state index contributed by atoms with van der Waals surface area (Å²) < 4.78 is 4.85. The summed E-state index contributed by atoms with van der Waals surface area (Å²) in [5.41, 5.74) is 0. The molecule has 0 aliphatic rings. The number of hydrogen-bond donors (Lipinski definition) is 0. The summed E-state index contributed by atoms with van der Waals surface area (Å²) in [4.78, 5) is 11.2. The standard InChI is InChI=1S/C10H20O2.Sn.H/c1-3-5-6-7-8-9(4-2)10(11)12;;/h9H,3-8H2,1-2H3,(H,11,12);;/q;+1;/p-1. The van der Waals surface area contributed by atoms with Gasteiger partial charge in [-0.3, -0.25) is 0 Å². The molecule has 1 unspecified atom stereocenters. The summed E-state index contributed by atoms with van der Waals surface area (Å²) in [5.74, 6) is 0.174. The van der Waals surface area contributed by atoms with E-state index in [1.807, 2.05) is 0 Å². The molecule has 0 rings (SSSR count). The molecule has 13 heavy (non-hydrogen) atoms. The van der Waals surface area contributed by atoms with E-state index in [-0.39, 0.29) is 11.9 Å². The Morgan fingerprint density at radius 1 is 1.31 bits per heavy atom. The van der Waals surface area contributed by atoms with Crippen LogP contribution in [0.5, 0.6) is 0 Å². The van der Waals surface area contributed by atoms with Gasteiger partial charge in [0.2, 0.25) is 0 Å². The first-order chi connectivity index (χ1) is 6.26. The van der Waals surface area contributed by atoms with Crippen molar-refractivity contribution in [2.75, 3.05) is 0 Å². The summed E-state index contributed by atoms with van der Waals surface area (Å²) in [6.45, 7) is 4.25. The molecule has 0 aromatic rings. The molecule has 2 radical (unpaired) electrons. The third kappa shape index (κ3) is 6.35. The second kappa shape index (κ2) is 8.85. The molecule has 0 saturated heterocycles. The van der Waals surface area contributed by atoms with E-state index in [9.17, 15) is 4.79 Å². The number of unbranched alkanes of at least 4 members (excludes halogenated alkanes) is 3. The number of carbonyl (C=O) groups excluding carboxylic acids is 1. The van der Waals surface area contributed by atoms with Gasteiger partial charge in [-0.15, -0.1) is 0 Å². The van der Waals surface area contributed by atoms with Gasteiger partial charge in [0.15, 0.2) is 0 Å². The topological polar surface area (TPSA) is 26.3 Å². The second-order valence-corrected chi connectivity index (χ2v) is 4.06. The minimum absolute atomic E-state index is 0.0152. The Kier molecular flexibility index (Phi) is 9.03. The third-order valence-corrected chi connectivity index (χ3v) is 3.01. The van der Waals surface area contributed by atoms with Crippen LogP contribution in [0, 0.1) is 5.92 Å². The van der Waals surface area contributed by atoms with Crippen molar-refractivity contribution >= 4 is 28.9 Å². The van der Waals surface area contributed by atoms with Crippen molar-refractivity contribution in [2.24, 2.45) is 5.92 Å². The zero-order valence-electron chi connectivity index (χ0n) is 8.71. The number of carbonyl (C=O) groups is 1. The summed E-state index contributed by atoms with van der Waals surface area (Å²) in [6.07, 6.45) is 6.89. The fourth-order valence-corrected chi connectivity index (χ4v) is 1.95. The first kappa shape index (κ1) is 13.3. The van der Waals surface area contributed by atoms with Gasteiger partial charge >= 0.3 is 95.1 Å². The first-order valence-corrected chi connectivity index (χ1v) is 6.51. The van der Waals surface area contributed by atoms with Crippen molar-refractivity contribution in [1.82, 2.24) is 0 Å². The van der Waals surface area contributed by atoms with Crippen LogP contribution in [0.4, 0.5) is 0 Å². The first-order valence-electron chi connectivity index (χ1n) is 5.16. The van der Waals surface area contributed by atoms with Crippen LogP contribution in [0.1, 0.15) is 52.4 Å². The predicted octanol–water partition coefficient (Wildman–Crippen LogP) is 2.34. The summed E-state index contributed by atoms with van der Waals surface area (Å²) >= 11 is 0.596. The maximum atomic E-state index is 11.2. The Hall–Kier alpha value is 0.269. The van der Waals surface area contributed by atoms with Crippen molar-refractivity contribution in [1.29, 1.82) is 0 Å². The van der Waals surface area contributed by atoms with Crippen molar-refractivity contribution in [3.8, 4) is 0 Å².